The van der Waals surface area contributed by atoms with Crippen LogP contribution in [0.15, 0.2) is 47.4 Å². The predicted molar refractivity (Wildman–Crippen MR) is 77.0 cm³/mol. The Hall–Kier alpha value is -3.08. The van der Waals surface area contributed by atoms with Crippen LogP contribution in [0.1, 0.15) is 0 Å². The molecule has 0 bridgehead atoms. The maximum atomic E-state index is 12.8. The van der Waals surface area contributed by atoms with E-state index in [0.29, 0.717) is 6.07 Å². The molecule has 11 heteroatoms. The summed E-state index contributed by atoms with van der Waals surface area (Å²) in [7, 11) is -4.21. The summed E-state index contributed by atoms with van der Waals surface area (Å²) in [4.78, 5) is 19.5. The highest BCUT2D eigenvalue weighted by atomic mass is 32.2. The van der Waals surface area contributed by atoms with Gasteiger partial charge in [-0.2, -0.15) is 0 Å². The standard InChI is InChI=1S/C12H8FN3O6S/c13-8-1-4-10(5-2-8)23(21,22)14-11-6-3-9(15(17)18)7-12(11)16(19)20/h1-7,14H. The van der Waals surface area contributed by atoms with Gasteiger partial charge in [-0.3, -0.25) is 25.0 Å². The molecule has 0 saturated heterocycles. The van der Waals surface area contributed by atoms with Gasteiger partial charge in [-0.25, -0.2) is 12.8 Å². The van der Waals surface area contributed by atoms with Gasteiger partial charge < -0.3 is 0 Å². The van der Waals surface area contributed by atoms with E-state index in [-0.39, 0.29) is 4.90 Å². The fourth-order valence-electron chi connectivity index (χ4n) is 1.69. The molecule has 0 spiro atoms. The van der Waals surface area contributed by atoms with Crippen LogP contribution in [0.3, 0.4) is 0 Å². The molecule has 0 amide bonds. The van der Waals surface area contributed by atoms with Crippen molar-refractivity contribution in [1.82, 2.24) is 0 Å². The highest BCUT2D eigenvalue weighted by Crippen LogP contribution is 2.30. The molecule has 2 aromatic rings. The monoisotopic (exact) mass is 341 g/mol. The van der Waals surface area contributed by atoms with Crippen molar-refractivity contribution >= 4 is 27.1 Å². The van der Waals surface area contributed by atoms with Crippen molar-refractivity contribution in [2.24, 2.45) is 0 Å². The molecule has 0 atom stereocenters. The first kappa shape index (κ1) is 16.3. The summed E-state index contributed by atoms with van der Waals surface area (Å²) in [5.74, 6) is -0.648. The lowest BCUT2D eigenvalue weighted by molar-refractivity contribution is -0.393. The van der Waals surface area contributed by atoms with Gasteiger partial charge in [0, 0.05) is 6.07 Å². The van der Waals surface area contributed by atoms with E-state index in [1.54, 1.807) is 0 Å². The van der Waals surface area contributed by atoms with Gasteiger partial charge in [0.05, 0.1) is 20.8 Å². The number of rotatable bonds is 5. The van der Waals surface area contributed by atoms with Crippen molar-refractivity contribution in [2.75, 3.05) is 4.72 Å². The Morgan fingerprint density at radius 2 is 1.57 bits per heavy atom. The minimum absolute atomic E-state index is 0.313. The van der Waals surface area contributed by atoms with Crippen molar-refractivity contribution in [3.8, 4) is 0 Å². The Labute approximate surface area is 128 Å². The highest BCUT2D eigenvalue weighted by Gasteiger charge is 2.23. The fraction of sp³-hybridized carbons (Fsp3) is 0. The maximum Gasteiger partial charge on any atom is 0.300 e. The van der Waals surface area contributed by atoms with Gasteiger partial charge in [-0.1, -0.05) is 0 Å². The number of nitro groups is 2. The summed E-state index contributed by atoms with van der Waals surface area (Å²) in [6.07, 6.45) is 0. The molecule has 9 nitrogen and oxygen atoms in total. The largest absolute Gasteiger partial charge is 0.300 e. The van der Waals surface area contributed by atoms with Crippen LogP contribution < -0.4 is 4.72 Å². The van der Waals surface area contributed by atoms with Crippen molar-refractivity contribution in [1.29, 1.82) is 0 Å². The summed E-state index contributed by atoms with van der Waals surface area (Å²) in [5, 5.41) is 21.6. The molecule has 0 aromatic heterocycles. The number of hydrogen-bond acceptors (Lipinski definition) is 6. The van der Waals surface area contributed by atoms with E-state index in [1.165, 1.54) is 0 Å². The van der Waals surface area contributed by atoms with Crippen LogP contribution in [0.5, 0.6) is 0 Å². The lowest BCUT2D eigenvalue weighted by atomic mass is 10.2. The van der Waals surface area contributed by atoms with Crippen LogP contribution in [0.25, 0.3) is 0 Å². The molecule has 2 rings (SSSR count). The van der Waals surface area contributed by atoms with E-state index in [2.05, 4.69) is 0 Å². The van der Waals surface area contributed by atoms with E-state index >= 15 is 0 Å². The zero-order chi connectivity index (χ0) is 17.2. The second-order valence-corrected chi connectivity index (χ2v) is 5.96. The second kappa shape index (κ2) is 5.96. The first-order chi connectivity index (χ1) is 10.7. The third kappa shape index (κ3) is 3.58. The summed E-state index contributed by atoms with van der Waals surface area (Å²) >= 11 is 0. The SMILES string of the molecule is O=[N+]([O-])c1ccc(NS(=O)(=O)c2ccc(F)cc2)c([N+](=O)[O-])c1. The topological polar surface area (TPSA) is 132 Å². The zero-order valence-electron chi connectivity index (χ0n) is 11.2. The fourth-order valence-corrected chi connectivity index (χ4v) is 2.76. The summed E-state index contributed by atoms with van der Waals surface area (Å²) in [6.45, 7) is 0. The van der Waals surface area contributed by atoms with Crippen LogP contribution in [0, 0.1) is 26.0 Å². The molecule has 0 aliphatic rings. The number of halogens is 1. The number of sulfonamides is 1. The maximum absolute atomic E-state index is 12.8. The lowest BCUT2D eigenvalue weighted by Gasteiger charge is -2.08. The van der Waals surface area contributed by atoms with Gasteiger partial charge in [-0.05, 0) is 30.3 Å². The van der Waals surface area contributed by atoms with Crippen LogP contribution in [0.4, 0.5) is 21.5 Å². The van der Waals surface area contributed by atoms with Gasteiger partial charge in [0.25, 0.3) is 21.4 Å². The van der Waals surface area contributed by atoms with Crippen molar-refractivity contribution in [2.45, 2.75) is 4.90 Å². The molecule has 0 saturated carbocycles. The molecule has 120 valence electrons. The zero-order valence-corrected chi connectivity index (χ0v) is 12.0. The molecule has 1 N–H and O–H groups in total. The van der Waals surface area contributed by atoms with Gasteiger partial charge in [-0.15, -0.1) is 0 Å². The van der Waals surface area contributed by atoms with Gasteiger partial charge in [0.1, 0.15) is 11.5 Å². The minimum Gasteiger partial charge on any atom is -0.273 e. The Morgan fingerprint density at radius 1 is 0.957 bits per heavy atom. The minimum atomic E-state index is -4.21. The molecule has 23 heavy (non-hydrogen) atoms. The van der Waals surface area contributed by atoms with E-state index < -0.39 is 42.7 Å². The molecular weight excluding hydrogens is 333 g/mol. The molecular formula is C12H8FN3O6S. The molecule has 0 aliphatic heterocycles. The number of nitrogens with zero attached hydrogens (tertiary/aromatic N) is 2. The normalized spacial score (nSPS) is 11.0. The number of benzene rings is 2. The Kier molecular flexibility index (Phi) is 4.22. The van der Waals surface area contributed by atoms with Crippen LogP contribution in [-0.4, -0.2) is 18.3 Å². The van der Waals surface area contributed by atoms with E-state index in [1.807, 2.05) is 4.72 Å². The van der Waals surface area contributed by atoms with Gasteiger partial charge in [0.2, 0.25) is 0 Å². The number of anilines is 1. The summed E-state index contributed by atoms with van der Waals surface area (Å²) < 4.78 is 39.0. The van der Waals surface area contributed by atoms with Crippen LogP contribution >= 0.6 is 0 Å². The number of nitrogens with one attached hydrogen (secondary N) is 1. The number of nitro benzene ring substituents is 2. The van der Waals surface area contributed by atoms with Crippen molar-refractivity contribution < 1.29 is 22.7 Å². The Morgan fingerprint density at radius 3 is 2.09 bits per heavy atom. The molecule has 0 fully saturated rings. The van der Waals surface area contributed by atoms with E-state index in [9.17, 15) is 33.0 Å². The van der Waals surface area contributed by atoms with Crippen molar-refractivity contribution in [3.63, 3.8) is 0 Å². The van der Waals surface area contributed by atoms with Crippen molar-refractivity contribution in [3.05, 3.63) is 68.5 Å². The quantitative estimate of drug-likeness (QED) is 0.656. The molecule has 0 radical (unpaired) electrons. The average molecular weight is 341 g/mol. The first-order valence-corrected chi connectivity index (χ1v) is 7.40. The highest BCUT2D eigenvalue weighted by molar-refractivity contribution is 7.92. The predicted octanol–water partition coefficient (Wildman–Crippen LogP) is 2.44. The summed E-state index contributed by atoms with van der Waals surface area (Å²) in [5.41, 5.74) is -1.77. The Balaban J connectivity index is 2.44. The third-order valence-electron chi connectivity index (χ3n) is 2.76. The summed E-state index contributed by atoms with van der Waals surface area (Å²) in [6, 6.07) is 6.27. The third-order valence-corrected chi connectivity index (χ3v) is 4.14. The molecule has 0 heterocycles. The average Bonchev–Trinajstić information content (AvgIpc) is 2.47. The lowest BCUT2D eigenvalue weighted by Crippen LogP contribution is -2.14. The molecule has 2 aromatic carbocycles. The number of non-ortho nitro benzene ring substituents is 1. The van der Waals surface area contributed by atoms with Crippen LogP contribution in [0.2, 0.25) is 0 Å². The van der Waals surface area contributed by atoms with E-state index in [0.717, 1.165) is 36.4 Å². The number of hydrogen-bond donors (Lipinski definition) is 1. The second-order valence-electron chi connectivity index (χ2n) is 4.28. The Bertz CT molecular complexity index is 882. The van der Waals surface area contributed by atoms with Gasteiger partial charge >= 0.3 is 0 Å². The molecule has 0 unspecified atom stereocenters. The van der Waals surface area contributed by atoms with E-state index in [4.69, 9.17) is 0 Å². The van der Waals surface area contributed by atoms with Gasteiger partial charge in [0.15, 0.2) is 0 Å². The van der Waals surface area contributed by atoms with Crippen LogP contribution in [-0.2, 0) is 10.0 Å². The first-order valence-electron chi connectivity index (χ1n) is 5.92. The smallest absolute Gasteiger partial charge is 0.273 e. The molecule has 0 aliphatic carbocycles.